The molecule has 1 aliphatic heterocycles. The lowest BCUT2D eigenvalue weighted by Gasteiger charge is -2.25. The number of halogens is 1. The summed E-state index contributed by atoms with van der Waals surface area (Å²) in [5, 5.41) is 8.84. The van der Waals surface area contributed by atoms with Gasteiger partial charge in [0, 0.05) is 37.7 Å². The maximum absolute atomic E-state index is 14.2. The van der Waals surface area contributed by atoms with Crippen molar-refractivity contribution >= 4 is 17.3 Å². The van der Waals surface area contributed by atoms with Crippen molar-refractivity contribution in [3.8, 4) is 6.07 Å². The Morgan fingerprint density at radius 1 is 1.40 bits per heavy atom. The molecular formula is C19H19FN4O. The van der Waals surface area contributed by atoms with E-state index < -0.39 is 5.82 Å². The number of hydrogen-bond donors (Lipinski definition) is 0. The fourth-order valence-electron chi connectivity index (χ4n) is 3.22. The van der Waals surface area contributed by atoms with E-state index in [9.17, 15) is 9.18 Å². The second-order valence-electron chi connectivity index (χ2n) is 6.00. The van der Waals surface area contributed by atoms with Crippen LogP contribution in [0.2, 0.25) is 0 Å². The molecule has 1 fully saturated rings. The van der Waals surface area contributed by atoms with Crippen molar-refractivity contribution in [3.63, 3.8) is 0 Å². The largest absolute Gasteiger partial charge is 0.368 e. The van der Waals surface area contributed by atoms with Gasteiger partial charge in [-0.3, -0.25) is 9.78 Å². The highest BCUT2D eigenvalue weighted by atomic mass is 19.1. The SMILES string of the molecule is CCN(C(=O)[C@@H]1CCN(c2ccc(C#N)cc2F)C1)c1ccncc1. The van der Waals surface area contributed by atoms with E-state index in [4.69, 9.17) is 5.26 Å². The molecule has 0 bridgehead atoms. The molecule has 1 atom stereocenters. The van der Waals surface area contributed by atoms with Gasteiger partial charge in [0.25, 0.3) is 0 Å². The van der Waals surface area contributed by atoms with Gasteiger partial charge >= 0.3 is 0 Å². The van der Waals surface area contributed by atoms with Crippen LogP contribution >= 0.6 is 0 Å². The monoisotopic (exact) mass is 338 g/mol. The number of rotatable bonds is 4. The Balaban J connectivity index is 1.74. The number of benzene rings is 1. The zero-order valence-electron chi connectivity index (χ0n) is 14.0. The van der Waals surface area contributed by atoms with Crippen LogP contribution < -0.4 is 9.80 Å². The third-order valence-electron chi connectivity index (χ3n) is 4.51. The number of carbonyl (C=O) groups is 1. The number of nitrogens with zero attached hydrogens (tertiary/aromatic N) is 4. The maximum atomic E-state index is 14.2. The predicted octanol–water partition coefficient (Wildman–Crippen LogP) is 2.97. The van der Waals surface area contributed by atoms with Crippen LogP contribution in [0.5, 0.6) is 0 Å². The van der Waals surface area contributed by atoms with Crippen LogP contribution in [0.4, 0.5) is 15.8 Å². The van der Waals surface area contributed by atoms with Crippen LogP contribution in [0, 0.1) is 23.1 Å². The molecule has 1 amide bonds. The Kier molecular flexibility index (Phi) is 4.94. The number of amides is 1. The van der Waals surface area contributed by atoms with E-state index in [0.717, 1.165) is 5.69 Å². The highest BCUT2D eigenvalue weighted by Gasteiger charge is 2.32. The summed E-state index contributed by atoms with van der Waals surface area (Å²) in [6.45, 7) is 3.60. The van der Waals surface area contributed by atoms with Crippen LogP contribution in [0.3, 0.4) is 0 Å². The molecule has 0 N–H and O–H groups in total. The Bertz CT molecular complexity index is 803. The highest BCUT2D eigenvalue weighted by molar-refractivity contribution is 5.95. The predicted molar refractivity (Wildman–Crippen MR) is 93.7 cm³/mol. The normalized spacial score (nSPS) is 16.5. The molecule has 1 saturated heterocycles. The van der Waals surface area contributed by atoms with E-state index in [2.05, 4.69) is 4.98 Å². The molecule has 128 valence electrons. The lowest BCUT2D eigenvalue weighted by atomic mass is 10.1. The number of pyridine rings is 1. The van der Waals surface area contributed by atoms with Crippen molar-refractivity contribution in [1.29, 1.82) is 5.26 Å². The van der Waals surface area contributed by atoms with Crippen molar-refractivity contribution in [2.24, 2.45) is 5.92 Å². The van der Waals surface area contributed by atoms with Gasteiger partial charge in [-0.05, 0) is 43.7 Å². The summed E-state index contributed by atoms with van der Waals surface area (Å²) in [5.74, 6) is -0.554. The molecule has 25 heavy (non-hydrogen) atoms. The minimum atomic E-state index is -0.423. The van der Waals surface area contributed by atoms with Crippen LogP contribution in [0.25, 0.3) is 0 Å². The van der Waals surface area contributed by atoms with E-state index in [0.29, 0.717) is 37.3 Å². The molecule has 6 heteroatoms. The zero-order chi connectivity index (χ0) is 17.8. The van der Waals surface area contributed by atoms with Gasteiger partial charge in [0.15, 0.2) is 0 Å². The minimum absolute atomic E-state index is 0.0465. The lowest BCUT2D eigenvalue weighted by Crippen LogP contribution is -2.37. The quantitative estimate of drug-likeness (QED) is 0.860. The van der Waals surface area contributed by atoms with Crippen molar-refractivity contribution < 1.29 is 9.18 Å². The van der Waals surface area contributed by atoms with Gasteiger partial charge in [-0.15, -0.1) is 0 Å². The summed E-state index contributed by atoms with van der Waals surface area (Å²) in [6, 6.07) is 10.0. The summed E-state index contributed by atoms with van der Waals surface area (Å²) in [5.41, 5.74) is 1.56. The molecule has 1 aliphatic rings. The third-order valence-corrected chi connectivity index (χ3v) is 4.51. The molecule has 1 aromatic heterocycles. The number of hydrogen-bond acceptors (Lipinski definition) is 4. The Morgan fingerprint density at radius 3 is 2.80 bits per heavy atom. The van der Waals surface area contributed by atoms with Gasteiger partial charge in [-0.1, -0.05) is 0 Å². The van der Waals surface area contributed by atoms with Gasteiger partial charge in [-0.25, -0.2) is 4.39 Å². The summed E-state index contributed by atoms with van der Waals surface area (Å²) >= 11 is 0. The third kappa shape index (κ3) is 3.45. The molecule has 2 aromatic rings. The molecule has 1 aromatic carbocycles. The standard InChI is InChI=1S/C19H19FN4O/c1-2-24(16-5-8-22-9-6-16)19(25)15-7-10-23(13-15)18-4-3-14(12-21)11-17(18)20/h3-6,8-9,11,15H,2,7,10,13H2,1H3/t15-/m1/s1. The zero-order valence-corrected chi connectivity index (χ0v) is 14.0. The smallest absolute Gasteiger partial charge is 0.231 e. The minimum Gasteiger partial charge on any atom is -0.368 e. The average Bonchev–Trinajstić information content (AvgIpc) is 3.13. The topological polar surface area (TPSA) is 60.2 Å². The Labute approximate surface area is 146 Å². The molecule has 0 aliphatic carbocycles. The summed E-state index contributed by atoms with van der Waals surface area (Å²) in [4.78, 5) is 20.5. The second-order valence-corrected chi connectivity index (χ2v) is 6.00. The summed E-state index contributed by atoms with van der Waals surface area (Å²) < 4.78 is 14.2. The average molecular weight is 338 g/mol. The van der Waals surface area contributed by atoms with E-state index in [1.807, 2.05) is 30.0 Å². The van der Waals surface area contributed by atoms with Crippen LogP contribution in [-0.2, 0) is 4.79 Å². The number of aromatic nitrogens is 1. The van der Waals surface area contributed by atoms with Gasteiger partial charge in [-0.2, -0.15) is 5.26 Å². The first-order valence-electron chi connectivity index (χ1n) is 8.30. The van der Waals surface area contributed by atoms with Crippen LogP contribution in [0.15, 0.2) is 42.7 Å². The fourth-order valence-corrected chi connectivity index (χ4v) is 3.22. The van der Waals surface area contributed by atoms with E-state index in [1.54, 1.807) is 29.4 Å². The Hall–Kier alpha value is -2.94. The molecular weight excluding hydrogens is 319 g/mol. The lowest BCUT2D eigenvalue weighted by molar-refractivity contribution is -0.121. The molecule has 0 spiro atoms. The van der Waals surface area contributed by atoms with Crippen molar-refractivity contribution in [2.75, 3.05) is 29.4 Å². The van der Waals surface area contributed by atoms with E-state index in [-0.39, 0.29) is 11.8 Å². The van der Waals surface area contributed by atoms with Crippen LogP contribution in [0.1, 0.15) is 18.9 Å². The van der Waals surface area contributed by atoms with Gasteiger partial charge < -0.3 is 9.80 Å². The summed E-state index contributed by atoms with van der Waals surface area (Å²) in [7, 11) is 0. The number of carbonyl (C=O) groups excluding carboxylic acids is 1. The van der Waals surface area contributed by atoms with E-state index >= 15 is 0 Å². The van der Waals surface area contributed by atoms with Gasteiger partial charge in [0.2, 0.25) is 5.91 Å². The first kappa shape index (κ1) is 16.9. The number of anilines is 2. The van der Waals surface area contributed by atoms with Crippen molar-refractivity contribution in [3.05, 3.63) is 54.1 Å². The Morgan fingerprint density at radius 2 is 2.16 bits per heavy atom. The molecule has 0 saturated carbocycles. The first-order chi connectivity index (χ1) is 12.1. The fraction of sp³-hybridized carbons (Fsp3) is 0.316. The van der Waals surface area contributed by atoms with Gasteiger partial charge in [0.1, 0.15) is 5.82 Å². The van der Waals surface area contributed by atoms with Crippen molar-refractivity contribution in [2.45, 2.75) is 13.3 Å². The number of nitriles is 1. The highest BCUT2D eigenvalue weighted by Crippen LogP contribution is 2.29. The van der Waals surface area contributed by atoms with E-state index in [1.165, 1.54) is 6.07 Å². The molecule has 2 heterocycles. The molecule has 3 rings (SSSR count). The van der Waals surface area contributed by atoms with Gasteiger partial charge in [0.05, 0.1) is 23.2 Å². The first-order valence-corrected chi connectivity index (χ1v) is 8.30. The molecule has 5 nitrogen and oxygen atoms in total. The molecule has 0 radical (unpaired) electrons. The molecule has 0 unspecified atom stereocenters. The van der Waals surface area contributed by atoms with Crippen LogP contribution in [-0.4, -0.2) is 30.5 Å². The summed E-state index contributed by atoms with van der Waals surface area (Å²) in [6.07, 6.45) is 4.01. The second kappa shape index (κ2) is 7.31. The maximum Gasteiger partial charge on any atom is 0.231 e. The van der Waals surface area contributed by atoms with Crippen molar-refractivity contribution in [1.82, 2.24) is 4.98 Å².